The van der Waals surface area contributed by atoms with Crippen LogP contribution in [0.4, 0.5) is 5.69 Å². The summed E-state index contributed by atoms with van der Waals surface area (Å²) in [5.41, 5.74) is 2.25. The summed E-state index contributed by atoms with van der Waals surface area (Å²) in [4.78, 5) is 4.99. The normalized spacial score (nSPS) is 27.9. The van der Waals surface area contributed by atoms with Crippen LogP contribution in [0.3, 0.4) is 0 Å². The van der Waals surface area contributed by atoms with Crippen LogP contribution in [0.25, 0.3) is 11.0 Å². The first-order chi connectivity index (χ1) is 9.33. The lowest BCUT2D eigenvalue weighted by molar-refractivity contribution is 0.232. The molecule has 2 aliphatic heterocycles. The smallest absolute Gasteiger partial charge is 0.135 e. The minimum absolute atomic E-state index is 0.298. The molecular weight excluding hydrogens is 260 g/mol. The number of halogens is 1. The minimum Gasteiger partial charge on any atom is -0.464 e. The van der Waals surface area contributed by atoms with Gasteiger partial charge in [0, 0.05) is 43.3 Å². The highest BCUT2D eigenvalue weighted by Gasteiger charge is 2.37. The SMILES string of the molecule is ClC1CCN2CCN(c3cccc4occc34)CC12. The molecule has 4 heteroatoms. The van der Waals surface area contributed by atoms with Gasteiger partial charge in [-0.05, 0) is 24.6 Å². The summed E-state index contributed by atoms with van der Waals surface area (Å²) >= 11 is 6.45. The van der Waals surface area contributed by atoms with Gasteiger partial charge in [-0.1, -0.05) is 6.07 Å². The summed E-state index contributed by atoms with van der Waals surface area (Å²) in [5, 5.41) is 1.51. The molecule has 0 aliphatic carbocycles. The van der Waals surface area contributed by atoms with Crippen LogP contribution in [0.1, 0.15) is 6.42 Å². The maximum Gasteiger partial charge on any atom is 0.135 e. The van der Waals surface area contributed by atoms with Crippen molar-refractivity contribution in [2.24, 2.45) is 0 Å². The van der Waals surface area contributed by atoms with Crippen LogP contribution in [-0.2, 0) is 0 Å². The highest BCUT2D eigenvalue weighted by atomic mass is 35.5. The summed E-state index contributed by atoms with van der Waals surface area (Å²) in [7, 11) is 0. The molecule has 100 valence electrons. The van der Waals surface area contributed by atoms with E-state index in [0.29, 0.717) is 11.4 Å². The van der Waals surface area contributed by atoms with Crippen LogP contribution >= 0.6 is 11.6 Å². The lowest BCUT2D eigenvalue weighted by atomic mass is 10.1. The lowest BCUT2D eigenvalue weighted by Crippen LogP contribution is -2.52. The van der Waals surface area contributed by atoms with E-state index in [0.717, 1.165) is 38.2 Å². The average molecular weight is 277 g/mol. The summed E-state index contributed by atoms with van der Waals surface area (Å²) in [6.07, 6.45) is 2.89. The van der Waals surface area contributed by atoms with E-state index in [2.05, 4.69) is 28.0 Å². The third-order valence-electron chi connectivity index (χ3n) is 4.46. The Kier molecular flexibility index (Phi) is 2.71. The Bertz CT molecular complexity index is 597. The van der Waals surface area contributed by atoms with Crippen molar-refractivity contribution in [1.29, 1.82) is 0 Å². The Morgan fingerprint density at radius 3 is 3.05 bits per heavy atom. The molecule has 2 aliphatic rings. The van der Waals surface area contributed by atoms with E-state index in [1.54, 1.807) is 6.26 Å². The van der Waals surface area contributed by atoms with Crippen molar-refractivity contribution in [3.8, 4) is 0 Å². The molecule has 2 saturated heterocycles. The van der Waals surface area contributed by atoms with Crippen LogP contribution in [0.2, 0.25) is 0 Å². The second-order valence-electron chi connectivity index (χ2n) is 5.46. The second kappa shape index (κ2) is 4.43. The fourth-order valence-electron chi connectivity index (χ4n) is 3.42. The number of alkyl halides is 1. The zero-order valence-corrected chi connectivity index (χ0v) is 11.5. The van der Waals surface area contributed by atoms with E-state index in [9.17, 15) is 0 Å². The first-order valence-electron chi connectivity index (χ1n) is 6.92. The van der Waals surface area contributed by atoms with Gasteiger partial charge in [0.25, 0.3) is 0 Å². The number of rotatable bonds is 1. The number of fused-ring (bicyclic) bond motifs is 2. The average Bonchev–Trinajstić information content (AvgIpc) is 3.05. The predicted octanol–water partition coefficient (Wildman–Crippen LogP) is 2.93. The Morgan fingerprint density at radius 2 is 2.11 bits per heavy atom. The van der Waals surface area contributed by atoms with E-state index in [1.165, 1.54) is 11.1 Å². The molecule has 0 bridgehead atoms. The first kappa shape index (κ1) is 11.6. The Hall–Kier alpha value is -1.19. The fraction of sp³-hybridized carbons (Fsp3) is 0.467. The number of piperazine rings is 1. The Morgan fingerprint density at radius 1 is 1.16 bits per heavy atom. The predicted molar refractivity (Wildman–Crippen MR) is 78.0 cm³/mol. The molecule has 19 heavy (non-hydrogen) atoms. The van der Waals surface area contributed by atoms with Crippen LogP contribution in [0.15, 0.2) is 34.9 Å². The number of anilines is 1. The molecule has 3 nitrogen and oxygen atoms in total. The van der Waals surface area contributed by atoms with E-state index in [1.807, 2.05) is 6.07 Å². The number of hydrogen-bond donors (Lipinski definition) is 0. The van der Waals surface area contributed by atoms with Crippen molar-refractivity contribution in [3.63, 3.8) is 0 Å². The highest BCUT2D eigenvalue weighted by Crippen LogP contribution is 2.32. The molecule has 0 saturated carbocycles. The van der Waals surface area contributed by atoms with Crippen LogP contribution in [-0.4, -0.2) is 42.5 Å². The third-order valence-corrected chi connectivity index (χ3v) is 4.97. The number of hydrogen-bond acceptors (Lipinski definition) is 3. The monoisotopic (exact) mass is 276 g/mol. The third kappa shape index (κ3) is 1.84. The molecule has 2 unspecified atom stereocenters. The molecule has 3 heterocycles. The summed E-state index contributed by atoms with van der Waals surface area (Å²) < 4.78 is 5.49. The topological polar surface area (TPSA) is 19.6 Å². The maximum absolute atomic E-state index is 6.45. The minimum atomic E-state index is 0.298. The van der Waals surface area contributed by atoms with Gasteiger partial charge in [0.1, 0.15) is 5.58 Å². The second-order valence-corrected chi connectivity index (χ2v) is 6.02. The standard InChI is InChI=1S/C15H17ClN2O/c16-12-4-6-17-7-8-18(10-14(12)17)13-2-1-3-15-11(13)5-9-19-15/h1-3,5,9,12,14H,4,6-8,10H2. The zero-order valence-electron chi connectivity index (χ0n) is 10.8. The van der Waals surface area contributed by atoms with E-state index >= 15 is 0 Å². The molecule has 4 rings (SSSR count). The van der Waals surface area contributed by atoms with Gasteiger partial charge in [0.05, 0.1) is 11.6 Å². The number of benzene rings is 1. The zero-order chi connectivity index (χ0) is 12.8. The Labute approximate surface area is 117 Å². The molecule has 0 N–H and O–H groups in total. The van der Waals surface area contributed by atoms with Crippen molar-refractivity contribution >= 4 is 28.3 Å². The molecule has 0 radical (unpaired) electrons. The fourth-order valence-corrected chi connectivity index (χ4v) is 3.76. The van der Waals surface area contributed by atoms with Crippen molar-refractivity contribution in [1.82, 2.24) is 4.90 Å². The maximum atomic E-state index is 6.45. The first-order valence-corrected chi connectivity index (χ1v) is 7.36. The van der Waals surface area contributed by atoms with E-state index in [-0.39, 0.29) is 0 Å². The lowest BCUT2D eigenvalue weighted by Gasteiger charge is -2.39. The summed E-state index contributed by atoms with van der Waals surface area (Å²) in [6, 6.07) is 8.84. The Balaban J connectivity index is 1.67. The van der Waals surface area contributed by atoms with Crippen molar-refractivity contribution in [2.75, 3.05) is 31.1 Å². The van der Waals surface area contributed by atoms with Crippen molar-refractivity contribution in [2.45, 2.75) is 17.8 Å². The number of furan rings is 1. The molecule has 2 fully saturated rings. The van der Waals surface area contributed by atoms with Gasteiger partial charge in [-0.25, -0.2) is 0 Å². The van der Waals surface area contributed by atoms with Gasteiger partial charge in [-0.15, -0.1) is 11.6 Å². The molecule has 2 atom stereocenters. The van der Waals surface area contributed by atoms with E-state index in [4.69, 9.17) is 16.0 Å². The van der Waals surface area contributed by atoms with Gasteiger partial charge in [-0.2, -0.15) is 0 Å². The molecule has 2 aromatic rings. The summed E-state index contributed by atoms with van der Waals surface area (Å²) in [5.74, 6) is 0. The molecule has 1 aromatic heterocycles. The van der Waals surface area contributed by atoms with Gasteiger partial charge in [0.15, 0.2) is 0 Å². The van der Waals surface area contributed by atoms with Gasteiger partial charge in [-0.3, -0.25) is 4.90 Å². The molecule has 0 spiro atoms. The van der Waals surface area contributed by atoms with Gasteiger partial charge < -0.3 is 9.32 Å². The van der Waals surface area contributed by atoms with Crippen LogP contribution in [0, 0.1) is 0 Å². The molecule has 1 aromatic carbocycles. The van der Waals surface area contributed by atoms with Crippen LogP contribution < -0.4 is 4.90 Å². The summed E-state index contributed by atoms with van der Waals surface area (Å²) in [6.45, 7) is 4.37. The van der Waals surface area contributed by atoms with Gasteiger partial charge in [0.2, 0.25) is 0 Å². The van der Waals surface area contributed by atoms with Crippen molar-refractivity contribution < 1.29 is 4.42 Å². The quantitative estimate of drug-likeness (QED) is 0.747. The number of nitrogens with zero attached hydrogens (tertiary/aromatic N) is 2. The molecular formula is C15H17ClN2O. The highest BCUT2D eigenvalue weighted by molar-refractivity contribution is 6.21. The van der Waals surface area contributed by atoms with Gasteiger partial charge >= 0.3 is 0 Å². The molecule has 0 amide bonds. The van der Waals surface area contributed by atoms with E-state index < -0.39 is 0 Å². The van der Waals surface area contributed by atoms with Crippen LogP contribution in [0.5, 0.6) is 0 Å². The largest absolute Gasteiger partial charge is 0.464 e. The van der Waals surface area contributed by atoms with Crippen molar-refractivity contribution in [3.05, 3.63) is 30.5 Å².